The SMILES string of the molecule is [CH2-][P+]1(c2cc3ccccc3cc2[P+]2([CH2-])[C@H](C)CC[C@H]2C)[C@H](C)CC[C@H]1C. The highest BCUT2D eigenvalue weighted by atomic mass is 31.2. The summed E-state index contributed by atoms with van der Waals surface area (Å²) in [7, 11) is -2.81. The van der Waals surface area contributed by atoms with E-state index in [1.807, 2.05) is 0 Å². The number of hydrogen-bond acceptors (Lipinski definition) is 0. The number of benzene rings is 2. The molecule has 0 unspecified atom stereocenters. The van der Waals surface area contributed by atoms with E-state index in [2.05, 4.69) is 64.1 Å². The van der Waals surface area contributed by atoms with Gasteiger partial charge in [0.2, 0.25) is 0 Å². The lowest BCUT2D eigenvalue weighted by molar-refractivity contribution is 0.777. The van der Waals surface area contributed by atoms with Crippen molar-refractivity contribution in [2.24, 2.45) is 0 Å². The third-order valence-electron chi connectivity index (χ3n) is 7.89. The van der Waals surface area contributed by atoms with Gasteiger partial charge in [0.15, 0.2) is 0 Å². The molecule has 0 nitrogen and oxygen atoms in total. The van der Waals surface area contributed by atoms with E-state index in [1.54, 1.807) is 10.6 Å². The molecule has 2 heterocycles. The van der Waals surface area contributed by atoms with E-state index in [1.165, 1.54) is 36.5 Å². The fraction of sp³-hybridized carbons (Fsp3) is 0.500. The Morgan fingerprint density at radius 3 is 1.27 bits per heavy atom. The summed E-state index contributed by atoms with van der Waals surface area (Å²) in [4.78, 5) is 0. The second-order valence-corrected chi connectivity index (χ2v) is 17.3. The van der Waals surface area contributed by atoms with Gasteiger partial charge in [0, 0.05) is 22.6 Å². The van der Waals surface area contributed by atoms with Crippen molar-refractivity contribution in [1.29, 1.82) is 0 Å². The van der Waals surface area contributed by atoms with Crippen molar-refractivity contribution in [3.8, 4) is 0 Å². The second-order valence-electron chi connectivity index (χ2n) is 9.10. The minimum Gasteiger partial charge on any atom is -0.174 e. The fourth-order valence-electron chi connectivity index (χ4n) is 5.59. The van der Waals surface area contributed by atoms with Gasteiger partial charge in [0.1, 0.15) is 10.6 Å². The molecule has 0 saturated carbocycles. The summed E-state index contributed by atoms with van der Waals surface area (Å²) in [5.41, 5.74) is 2.99. The first-order valence-corrected chi connectivity index (χ1v) is 14.5. The summed E-state index contributed by atoms with van der Waals surface area (Å²) in [5.74, 6) is 0. The first-order chi connectivity index (χ1) is 12.3. The van der Waals surface area contributed by atoms with Crippen LogP contribution in [0.3, 0.4) is 0 Å². The maximum Gasteiger partial charge on any atom is 0.105 e. The molecule has 2 aromatic rings. The maximum atomic E-state index is 5.02. The van der Waals surface area contributed by atoms with E-state index >= 15 is 0 Å². The van der Waals surface area contributed by atoms with Gasteiger partial charge < -0.3 is 0 Å². The third-order valence-corrected chi connectivity index (χ3v) is 17.9. The van der Waals surface area contributed by atoms with Gasteiger partial charge in [-0.1, -0.05) is 38.8 Å². The highest BCUT2D eigenvalue weighted by Gasteiger charge is 2.52. The summed E-state index contributed by atoms with van der Waals surface area (Å²) in [6, 6.07) is 14.0. The predicted molar refractivity (Wildman–Crippen MR) is 124 cm³/mol. The monoisotopic (exact) mass is 384 g/mol. The van der Waals surface area contributed by atoms with E-state index in [4.69, 9.17) is 13.3 Å². The van der Waals surface area contributed by atoms with Crippen molar-refractivity contribution in [3.05, 3.63) is 49.7 Å². The molecule has 2 fully saturated rings. The molecule has 0 N–H and O–H groups in total. The van der Waals surface area contributed by atoms with E-state index in [0.29, 0.717) is 0 Å². The molecule has 0 amide bonds. The molecule has 2 saturated heterocycles. The Kier molecular flexibility index (Phi) is 4.77. The van der Waals surface area contributed by atoms with Gasteiger partial charge in [-0.05, 0) is 76.3 Å². The van der Waals surface area contributed by atoms with Crippen molar-refractivity contribution in [3.63, 3.8) is 0 Å². The average Bonchev–Trinajstić information content (AvgIpc) is 3.06. The van der Waals surface area contributed by atoms with Gasteiger partial charge in [0.25, 0.3) is 0 Å². The highest BCUT2D eigenvalue weighted by molar-refractivity contribution is 7.91. The van der Waals surface area contributed by atoms with Crippen LogP contribution >= 0.6 is 14.5 Å². The Labute approximate surface area is 161 Å². The molecule has 0 bridgehead atoms. The quantitative estimate of drug-likeness (QED) is 0.392. The van der Waals surface area contributed by atoms with Crippen LogP contribution in [0.4, 0.5) is 0 Å². The van der Waals surface area contributed by atoms with Crippen LogP contribution in [0.15, 0.2) is 36.4 Å². The summed E-state index contributed by atoms with van der Waals surface area (Å²) < 4.78 is 0. The van der Waals surface area contributed by atoms with Crippen LogP contribution in [0.5, 0.6) is 0 Å². The van der Waals surface area contributed by atoms with Crippen molar-refractivity contribution < 1.29 is 0 Å². The Hall–Kier alpha value is -0.440. The van der Waals surface area contributed by atoms with Crippen LogP contribution in [0.2, 0.25) is 0 Å². The summed E-state index contributed by atoms with van der Waals surface area (Å²) >= 11 is 0. The molecular formula is C24H34P2. The van der Waals surface area contributed by atoms with Gasteiger partial charge >= 0.3 is 0 Å². The number of hydrogen-bond donors (Lipinski definition) is 0. The number of fused-ring (bicyclic) bond motifs is 1. The van der Waals surface area contributed by atoms with Crippen molar-refractivity contribution in [1.82, 2.24) is 0 Å². The van der Waals surface area contributed by atoms with Gasteiger partial charge in [0.05, 0.1) is 0 Å². The fourth-order valence-corrected chi connectivity index (χ4v) is 14.5. The first-order valence-electron chi connectivity index (χ1n) is 10.3. The number of rotatable bonds is 2. The van der Waals surface area contributed by atoms with Crippen LogP contribution in [0.1, 0.15) is 53.4 Å². The molecule has 4 rings (SSSR count). The van der Waals surface area contributed by atoms with Gasteiger partial charge in [-0.3, -0.25) is 0 Å². The zero-order valence-electron chi connectivity index (χ0n) is 16.9. The standard InChI is InChI=1S/C24H34P2/c1-17-11-12-18(2)25(17,5)23-15-21-9-7-8-10-22(21)16-24(23)26(6)19(3)13-14-20(26)4/h7-10,15-20H,5-6,11-14H2,1-4H3/t17-,18-,19-,20-/m1/s1. The topological polar surface area (TPSA) is 0 Å². The van der Waals surface area contributed by atoms with E-state index in [-0.39, 0.29) is 0 Å². The Balaban J connectivity index is 2.02. The molecule has 2 aliphatic heterocycles. The minimum atomic E-state index is -1.41. The smallest absolute Gasteiger partial charge is 0.105 e. The molecule has 0 aliphatic carbocycles. The molecule has 26 heavy (non-hydrogen) atoms. The molecule has 2 heteroatoms. The zero-order valence-corrected chi connectivity index (χ0v) is 18.7. The maximum absolute atomic E-state index is 5.02. The first kappa shape index (κ1) is 18.9. The lowest BCUT2D eigenvalue weighted by Gasteiger charge is -2.41. The van der Waals surface area contributed by atoms with Crippen LogP contribution < -0.4 is 10.6 Å². The predicted octanol–water partition coefficient (Wildman–Crippen LogP) is 6.85. The Morgan fingerprint density at radius 2 is 0.962 bits per heavy atom. The van der Waals surface area contributed by atoms with Crippen LogP contribution in [-0.4, -0.2) is 22.6 Å². The van der Waals surface area contributed by atoms with E-state index < -0.39 is 14.5 Å². The molecule has 0 aromatic heterocycles. The van der Waals surface area contributed by atoms with Gasteiger partial charge in [-0.25, -0.2) is 0 Å². The molecular weight excluding hydrogens is 350 g/mol. The van der Waals surface area contributed by atoms with Crippen LogP contribution in [0, 0.1) is 13.3 Å². The summed E-state index contributed by atoms with van der Waals surface area (Å²) in [6.07, 6.45) is 5.38. The van der Waals surface area contributed by atoms with Gasteiger partial charge in [-0.15, -0.1) is 0 Å². The van der Waals surface area contributed by atoms with Crippen molar-refractivity contribution in [2.45, 2.75) is 76.0 Å². The van der Waals surface area contributed by atoms with E-state index in [9.17, 15) is 0 Å². The zero-order chi connectivity index (χ0) is 18.7. The van der Waals surface area contributed by atoms with Crippen LogP contribution in [-0.2, 0) is 0 Å². The Morgan fingerprint density at radius 1 is 0.654 bits per heavy atom. The Bertz CT molecular complexity index is 736. The molecule has 0 radical (unpaired) electrons. The second kappa shape index (κ2) is 6.57. The lowest BCUT2D eigenvalue weighted by Crippen LogP contribution is -2.36. The molecule has 2 aliphatic rings. The van der Waals surface area contributed by atoms with Gasteiger partial charge in [-0.2, -0.15) is 13.3 Å². The largest absolute Gasteiger partial charge is 0.174 e. The summed E-state index contributed by atoms with van der Waals surface area (Å²) in [5, 5.41) is 6.09. The molecule has 2 aromatic carbocycles. The third kappa shape index (κ3) is 2.55. The van der Waals surface area contributed by atoms with Crippen molar-refractivity contribution in [2.75, 3.05) is 0 Å². The van der Waals surface area contributed by atoms with E-state index in [0.717, 1.165) is 22.6 Å². The molecule has 4 atom stereocenters. The van der Waals surface area contributed by atoms with Crippen molar-refractivity contribution >= 4 is 35.9 Å². The molecule has 140 valence electrons. The average molecular weight is 384 g/mol. The minimum absolute atomic E-state index is 0.747. The lowest BCUT2D eigenvalue weighted by atomic mass is 10.1. The highest BCUT2D eigenvalue weighted by Crippen LogP contribution is 2.75. The normalized spacial score (nSPS) is 33.0. The summed E-state index contributed by atoms with van der Waals surface area (Å²) in [6.45, 7) is 19.9. The van der Waals surface area contributed by atoms with Crippen LogP contribution in [0.25, 0.3) is 10.8 Å². The molecule has 0 spiro atoms.